The number of hydrogen-bond acceptors (Lipinski definition) is 2. The van der Waals surface area contributed by atoms with Crippen LogP contribution in [0.25, 0.3) is 21.8 Å². The van der Waals surface area contributed by atoms with Gasteiger partial charge in [0, 0.05) is 29.8 Å². The molecule has 4 rings (SSSR count). The third-order valence-corrected chi connectivity index (χ3v) is 4.68. The summed E-state index contributed by atoms with van der Waals surface area (Å²) in [5.41, 5.74) is 3.60. The van der Waals surface area contributed by atoms with Gasteiger partial charge in [0.2, 0.25) is 5.91 Å². The normalized spacial score (nSPS) is 11.0. The number of nitrogens with zero attached hydrogens (tertiary/aromatic N) is 1. The molecule has 0 aliphatic rings. The van der Waals surface area contributed by atoms with Crippen LogP contribution in [-0.4, -0.2) is 23.6 Å². The van der Waals surface area contributed by atoms with E-state index in [9.17, 15) is 4.79 Å². The molecule has 0 aliphatic heterocycles. The fourth-order valence-electron chi connectivity index (χ4n) is 3.51. The number of amides is 1. The van der Waals surface area contributed by atoms with E-state index < -0.39 is 0 Å². The SMILES string of the molecule is CC(=O)NCCOc1cccc2c1c1ccccc1n2Cc1ccccc1. The standard InChI is InChI=1S/C23H22N2O2/c1-17(26)24-14-15-27-22-13-7-12-21-23(22)19-10-5-6-11-20(19)25(21)16-18-8-3-2-4-9-18/h2-13H,14-16H2,1H3,(H,24,26). The molecule has 136 valence electrons. The summed E-state index contributed by atoms with van der Waals surface area (Å²) in [6, 6.07) is 25.0. The van der Waals surface area contributed by atoms with Crippen molar-refractivity contribution in [1.29, 1.82) is 0 Å². The third-order valence-electron chi connectivity index (χ3n) is 4.68. The van der Waals surface area contributed by atoms with Crippen molar-refractivity contribution >= 4 is 27.7 Å². The van der Waals surface area contributed by atoms with Gasteiger partial charge in [-0.25, -0.2) is 0 Å². The maximum atomic E-state index is 11.0. The molecule has 1 amide bonds. The van der Waals surface area contributed by atoms with E-state index in [1.807, 2.05) is 18.2 Å². The number of carbonyl (C=O) groups is 1. The Morgan fingerprint density at radius 1 is 0.926 bits per heavy atom. The maximum Gasteiger partial charge on any atom is 0.216 e. The number of para-hydroxylation sites is 1. The molecule has 3 aromatic carbocycles. The van der Waals surface area contributed by atoms with E-state index in [4.69, 9.17) is 4.74 Å². The number of ether oxygens (including phenoxy) is 1. The third kappa shape index (κ3) is 3.51. The first-order chi connectivity index (χ1) is 13.2. The van der Waals surface area contributed by atoms with Crippen LogP contribution < -0.4 is 10.1 Å². The summed E-state index contributed by atoms with van der Waals surface area (Å²) in [5.74, 6) is 0.803. The van der Waals surface area contributed by atoms with E-state index in [-0.39, 0.29) is 5.91 Å². The second-order valence-corrected chi connectivity index (χ2v) is 6.57. The number of fused-ring (bicyclic) bond motifs is 3. The van der Waals surface area contributed by atoms with Gasteiger partial charge in [-0.3, -0.25) is 4.79 Å². The minimum absolute atomic E-state index is 0.0451. The second kappa shape index (κ2) is 7.54. The van der Waals surface area contributed by atoms with Crippen molar-refractivity contribution in [3.05, 3.63) is 78.4 Å². The Bertz CT molecular complexity index is 1080. The molecule has 0 spiro atoms. The van der Waals surface area contributed by atoms with E-state index in [0.717, 1.165) is 23.2 Å². The Morgan fingerprint density at radius 2 is 1.67 bits per heavy atom. The number of carbonyl (C=O) groups excluding carboxylic acids is 1. The summed E-state index contributed by atoms with van der Waals surface area (Å²) in [6.45, 7) is 3.25. The Balaban J connectivity index is 1.77. The Morgan fingerprint density at radius 3 is 2.48 bits per heavy atom. The van der Waals surface area contributed by atoms with Crippen molar-refractivity contribution < 1.29 is 9.53 Å². The van der Waals surface area contributed by atoms with Gasteiger partial charge in [-0.1, -0.05) is 54.6 Å². The van der Waals surface area contributed by atoms with Gasteiger partial charge >= 0.3 is 0 Å². The van der Waals surface area contributed by atoms with Crippen molar-refractivity contribution in [1.82, 2.24) is 9.88 Å². The highest BCUT2D eigenvalue weighted by Gasteiger charge is 2.14. The molecule has 0 saturated heterocycles. The zero-order valence-electron chi connectivity index (χ0n) is 15.3. The average molecular weight is 358 g/mol. The highest BCUT2D eigenvalue weighted by Crippen LogP contribution is 2.36. The molecule has 0 bridgehead atoms. The van der Waals surface area contributed by atoms with Crippen molar-refractivity contribution in [2.24, 2.45) is 0 Å². The van der Waals surface area contributed by atoms with Crippen molar-refractivity contribution in [3.8, 4) is 5.75 Å². The largest absolute Gasteiger partial charge is 0.491 e. The van der Waals surface area contributed by atoms with Gasteiger partial charge in [-0.05, 0) is 23.8 Å². The van der Waals surface area contributed by atoms with Crippen LogP contribution in [0.15, 0.2) is 72.8 Å². The van der Waals surface area contributed by atoms with E-state index >= 15 is 0 Å². The summed E-state index contributed by atoms with van der Waals surface area (Å²) in [7, 11) is 0. The lowest BCUT2D eigenvalue weighted by Gasteiger charge is -2.10. The number of aromatic nitrogens is 1. The summed E-state index contributed by atoms with van der Waals surface area (Å²) < 4.78 is 8.35. The maximum absolute atomic E-state index is 11.0. The molecule has 0 fully saturated rings. The summed E-state index contributed by atoms with van der Waals surface area (Å²) in [6.07, 6.45) is 0. The smallest absolute Gasteiger partial charge is 0.216 e. The highest BCUT2D eigenvalue weighted by molar-refractivity contribution is 6.11. The molecular weight excluding hydrogens is 336 g/mol. The first kappa shape index (κ1) is 17.2. The van der Waals surface area contributed by atoms with Gasteiger partial charge in [0.1, 0.15) is 12.4 Å². The fraction of sp³-hybridized carbons (Fsp3) is 0.174. The van der Waals surface area contributed by atoms with Crippen molar-refractivity contribution in [3.63, 3.8) is 0 Å². The van der Waals surface area contributed by atoms with E-state index in [1.165, 1.54) is 23.4 Å². The van der Waals surface area contributed by atoms with Gasteiger partial charge in [0.15, 0.2) is 0 Å². The average Bonchev–Trinajstić information content (AvgIpc) is 3.01. The van der Waals surface area contributed by atoms with Crippen LogP contribution in [0.1, 0.15) is 12.5 Å². The predicted octanol–water partition coefficient (Wildman–Crippen LogP) is 4.36. The zero-order chi connectivity index (χ0) is 18.6. The molecule has 27 heavy (non-hydrogen) atoms. The molecule has 4 aromatic rings. The van der Waals surface area contributed by atoms with Crippen LogP contribution in [-0.2, 0) is 11.3 Å². The van der Waals surface area contributed by atoms with Crippen LogP contribution >= 0.6 is 0 Å². The lowest BCUT2D eigenvalue weighted by molar-refractivity contribution is -0.119. The number of hydrogen-bond donors (Lipinski definition) is 1. The lowest BCUT2D eigenvalue weighted by Crippen LogP contribution is -2.25. The molecule has 0 atom stereocenters. The van der Waals surface area contributed by atoms with Gasteiger partial charge < -0.3 is 14.6 Å². The minimum atomic E-state index is -0.0451. The topological polar surface area (TPSA) is 43.3 Å². The van der Waals surface area contributed by atoms with Crippen molar-refractivity contribution in [2.45, 2.75) is 13.5 Å². The molecule has 1 aromatic heterocycles. The fourth-order valence-corrected chi connectivity index (χ4v) is 3.51. The summed E-state index contributed by atoms with van der Waals surface area (Å²) >= 11 is 0. The van der Waals surface area contributed by atoms with Gasteiger partial charge in [0.05, 0.1) is 12.1 Å². The molecule has 0 unspecified atom stereocenters. The summed E-state index contributed by atoms with van der Waals surface area (Å²) in [5, 5.41) is 5.07. The number of benzene rings is 3. The molecule has 1 N–H and O–H groups in total. The van der Waals surface area contributed by atoms with Gasteiger partial charge in [-0.15, -0.1) is 0 Å². The molecular formula is C23H22N2O2. The first-order valence-electron chi connectivity index (χ1n) is 9.15. The van der Waals surface area contributed by atoms with E-state index in [0.29, 0.717) is 13.2 Å². The van der Waals surface area contributed by atoms with Crippen LogP contribution in [0.4, 0.5) is 0 Å². The molecule has 4 heteroatoms. The molecule has 0 radical (unpaired) electrons. The van der Waals surface area contributed by atoms with Gasteiger partial charge in [-0.2, -0.15) is 0 Å². The molecule has 0 aliphatic carbocycles. The zero-order valence-corrected chi connectivity index (χ0v) is 15.3. The van der Waals surface area contributed by atoms with Crippen molar-refractivity contribution in [2.75, 3.05) is 13.2 Å². The number of rotatable bonds is 6. The van der Waals surface area contributed by atoms with Crippen LogP contribution in [0, 0.1) is 0 Å². The van der Waals surface area contributed by atoms with Crippen LogP contribution in [0.2, 0.25) is 0 Å². The van der Waals surface area contributed by atoms with Crippen LogP contribution in [0.3, 0.4) is 0 Å². The molecule has 0 saturated carbocycles. The quantitative estimate of drug-likeness (QED) is 0.521. The Labute approximate surface area is 158 Å². The highest BCUT2D eigenvalue weighted by atomic mass is 16.5. The monoisotopic (exact) mass is 358 g/mol. The number of nitrogens with one attached hydrogen (secondary N) is 1. The lowest BCUT2D eigenvalue weighted by atomic mass is 10.1. The molecule has 4 nitrogen and oxygen atoms in total. The Hall–Kier alpha value is -3.27. The van der Waals surface area contributed by atoms with E-state index in [1.54, 1.807) is 0 Å². The first-order valence-corrected chi connectivity index (χ1v) is 9.15. The van der Waals surface area contributed by atoms with Crippen LogP contribution in [0.5, 0.6) is 5.75 Å². The van der Waals surface area contributed by atoms with Gasteiger partial charge in [0.25, 0.3) is 0 Å². The second-order valence-electron chi connectivity index (χ2n) is 6.57. The molecule has 1 heterocycles. The Kier molecular flexibility index (Phi) is 4.79. The minimum Gasteiger partial charge on any atom is -0.491 e. The van der Waals surface area contributed by atoms with E-state index in [2.05, 4.69) is 64.5 Å². The predicted molar refractivity (Wildman–Crippen MR) is 109 cm³/mol. The summed E-state index contributed by atoms with van der Waals surface area (Å²) in [4.78, 5) is 11.0.